The summed E-state index contributed by atoms with van der Waals surface area (Å²) >= 11 is 5.85. The van der Waals surface area contributed by atoms with Gasteiger partial charge in [0, 0.05) is 35.6 Å². The molecule has 162 valence electrons. The second kappa shape index (κ2) is 9.11. The van der Waals surface area contributed by atoms with Gasteiger partial charge in [-0.2, -0.15) is 0 Å². The zero-order chi connectivity index (χ0) is 21.8. The third kappa shape index (κ3) is 5.86. The lowest BCUT2D eigenvalue weighted by Crippen LogP contribution is -2.19. The monoisotopic (exact) mass is 457 g/mol. The van der Waals surface area contributed by atoms with E-state index in [4.69, 9.17) is 11.6 Å². The summed E-state index contributed by atoms with van der Waals surface area (Å²) in [5, 5.41) is 3.85. The summed E-state index contributed by atoms with van der Waals surface area (Å²) in [4.78, 5) is 11.3. The Labute approximate surface area is 187 Å². The highest BCUT2D eigenvalue weighted by molar-refractivity contribution is 7.91. The van der Waals surface area contributed by atoms with Crippen LogP contribution in [-0.2, 0) is 15.8 Å². The molecule has 0 bridgehead atoms. The van der Waals surface area contributed by atoms with Crippen LogP contribution in [0.3, 0.4) is 0 Å². The maximum Gasteiger partial charge on any atom is 0.236 e. The molecule has 0 amide bonds. The first-order valence-electron chi connectivity index (χ1n) is 10.1. The second-order valence-corrected chi connectivity index (χ2v) is 9.70. The lowest BCUT2D eigenvalue weighted by atomic mass is 10.2. The number of nitrogens with zero attached hydrogens (tertiary/aromatic N) is 3. The molecular weight excluding hydrogens is 434 g/mol. The zero-order valence-corrected chi connectivity index (χ0v) is 18.7. The van der Waals surface area contributed by atoms with E-state index in [1.165, 1.54) is 12.8 Å². The van der Waals surface area contributed by atoms with Crippen LogP contribution in [-0.4, -0.2) is 31.5 Å². The molecule has 1 aliphatic heterocycles. The van der Waals surface area contributed by atoms with Gasteiger partial charge in [0.2, 0.25) is 10.0 Å². The number of aromatic nitrogens is 2. The van der Waals surface area contributed by atoms with Gasteiger partial charge in [-0.05, 0) is 61.7 Å². The Morgan fingerprint density at radius 3 is 2.29 bits per heavy atom. The lowest BCUT2D eigenvalue weighted by Gasteiger charge is -2.18. The molecule has 0 radical (unpaired) electrons. The minimum absolute atomic E-state index is 0.121. The fourth-order valence-corrected chi connectivity index (χ4v) is 4.83. The van der Waals surface area contributed by atoms with Gasteiger partial charge in [0.25, 0.3) is 0 Å². The van der Waals surface area contributed by atoms with Crippen molar-refractivity contribution in [2.75, 3.05) is 28.0 Å². The predicted octanol–water partition coefficient (Wildman–Crippen LogP) is 4.72. The van der Waals surface area contributed by atoms with Crippen LogP contribution in [0.25, 0.3) is 0 Å². The summed E-state index contributed by atoms with van der Waals surface area (Å²) < 4.78 is 27.5. The third-order valence-electron chi connectivity index (χ3n) is 4.96. The molecule has 0 unspecified atom stereocenters. The number of rotatable bonds is 7. The van der Waals surface area contributed by atoms with E-state index in [-0.39, 0.29) is 5.75 Å². The smallest absolute Gasteiger partial charge is 0.236 e. The van der Waals surface area contributed by atoms with Crippen molar-refractivity contribution in [1.29, 1.82) is 0 Å². The molecule has 1 aromatic heterocycles. The largest absolute Gasteiger partial charge is 0.356 e. The summed E-state index contributed by atoms with van der Waals surface area (Å²) in [7, 11) is -3.53. The van der Waals surface area contributed by atoms with E-state index >= 15 is 0 Å². The zero-order valence-electron chi connectivity index (χ0n) is 17.2. The highest BCUT2D eigenvalue weighted by atomic mass is 35.5. The second-order valence-electron chi connectivity index (χ2n) is 7.54. The quantitative estimate of drug-likeness (QED) is 0.533. The first kappa shape index (κ1) is 21.4. The topological polar surface area (TPSA) is 87.2 Å². The summed E-state index contributed by atoms with van der Waals surface area (Å²) in [6, 6.07) is 15.8. The number of aryl methyl sites for hydroxylation is 1. The van der Waals surface area contributed by atoms with E-state index in [1.54, 1.807) is 36.4 Å². The normalized spacial score (nSPS) is 13.9. The molecule has 1 aliphatic rings. The van der Waals surface area contributed by atoms with Crippen molar-refractivity contribution in [3.8, 4) is 0 Å². The SMILES string of the molecule is Cc1nc(Nc2ccc(NS(=O)(=O)Cc3ccc(Cl)cc3)cc2)cc(N2CCCC2)n1. The van der Waals surface area contributed by atoms with E-state index < -0.39 is 10.0 Å². The molecule has 0 atom stereocenters. The fourth-order valence-electron chi connectivity index (χ4n) is 3.51. The van der Waals surface area contributed by atoms with Gasteiger partial charge in [0.15, 0.2) is 0 Å². The summed E-state index contributed by atoms with van der Waals surface area (Å²) in [6.07, 6.45) is 2.36. The minimum Gasteiger partial charge on any atom is -0.356 e. The Balaban J connectivity index is 1.42. The van der Waals surface area contributed by atoms with Crippen LogP contribution in [0.5, 0.6) is 0 Å². The van der Waals surface area contributed by atoms with Crippen LogP contribution < -0.4 is 14.9 Å². The molecule has 1 saturated heterocycles. The molecule has 7 nitrogen and oxygen atoms in total. The van der Waals surface area contributed by atoms with Gasteiger partial charge in [0.05, 0.1) is 5.75 Å². The average Bonchev–Trinajstić information content (AvgIpc) is 3.25. The van der Waals surface area contributed by atoms with E-state index in [0.29, 0.717) is 27.9 Å². The number of sulfonamides is 1. The molecule has 2 N–H and O–H groups in total. The molecule has 2 aromatic carbocycles. The highest BCUT2D eigenvalue weighted by Gasteiger charge is 2.15. The molecule has 0 spiro atoms. The van der Waals surface area contributed by atoms with E-state index in [1.807, 2.05) is 25.1 Å². The molecule has 1 fully saturated rings. The fraction of sp³-hybridized carbons (Fsp3) is 0.273. The number of halogens is 1. The van der Waals surface area contributed by atoms with Crippen LogP contribution in [0, 0.1) is 6.92 Å². The summed E-state index contributed by atoms with van der Waals surface area (Å²) in [5.41, 5.74) is 1.98. The summed E-state index contributed by atoms with van der Waals surface area (Å²) in [5.74, 6) is 2.23. The van der Waals surface area contributed by atoms with Crippen molar-refractivity contribution in [1.82, 2.24) is 9.97 Å². The van der Waals surface area contributed by atoms with Gasteiger partial charge in [-0.15, -0.1) is 0 Å². The average molecular weight is 458 g/mol. The predicted molar refractivity (Wildman–Crippen MR) is 126 cm³/mol. The van der Waals surface area contributed by atoms with Crippen LogP contribution in [0.2, 0.25) is 5.02 Å². The number of nitrogens with one attached hydrogen (secondary N) is 2. The van der Waals surface area contributed by atoms with Crippen molar-refractivity contribution in [2.24, 2.45) is 0 Å². The van der Waals surface area contributed by atoms with Crippen molar-refractivity contribution in [3.05, 3.63) is 71.0 Å². The van der Waals surface area contributed by atoms with Crippen molar-refractivity contribution >= 4 is 44.6 Å². The molecule has 0 aliphatic carbocycles. The first-order valence-corrected chi connectivity index (χ1v) is 12.1. The Morgan fingerprint density at radius 2 is 1.61 bits per heavy atom. The number of hydrogen-bond acceptors (Lipinski definition) is 6. The van der Waals surface area contributed by atoms with Gasteiger partial charge in [-0.1, -0.05) is 23.7 Å². The molecular formula is C22H24ClN5O2S. The molecule has 9 heteroatoms. The maximum absolute atomic E-state index is 12.4. The Bertz CT molecular complexity index is 1150. The third-order valence-corrected chi connectivity index (χ3v) is 6.47. The van der Waals surface area contributed by atoms with Gasteiger partial charge in [-0.3, -0.25) is 4.72 Å². The van der Waals surface area contributed by atoms with E-state index in [2.05, 4.69) is 24.9 Å². The Kier molecular flexibility index (Phi) is 6.29. The first-order chi connectivity index (χ1) is 14.9. The van der Waals surface area contributed by atoms with Gasteiger partial charge < -0.3 is 10.2 Å². The van der Waals surface area contributed by atoms with Crippen LogP contribution >= 0.6 is 11.6 Å². The lowest BCUT2D eigenvalue weighted by molar-refractivity contribution is 0.600. The van der Waals surface area contributed by atoms with Crippen molar-refractivity contribution < 1.29 is 8.42 Å². The molecule has 2 heterocycles. The standard InChI is InChI=1S/C22H24ClN5O2S/c1-16-24-21(14-22(25-16)28-12-2-3-13-28)26-19-8-10-20(11-9-19)27-31(29,30)15-17-4-6-18(23)7-5-17/h4-11,14,27H,2-3,12-13,15H2,1H3,(H,24,25,26). The Morgan fingerprint density at radius 1 is 0.968 bits per heavy atom. The van der Waals surface area contributed by atoms with E-state index in [0.717, 1.165) is 24.6 Å². The number of anilines is 4. The van der Waals surface area contributed by atoms with Crippen LogP contribution in [0.4, 0.5) is 23.0 Å². The Hall–Kier alpha value is -2.84. The van der Waals surface area contributed by atoms with Crippen molar-refractivity contribution in [2.45, 2.75) is 25.5 Å². The molecule has 4 rings (SSSR count). The van der Waals surface area contributed by atoms with Crippen molar-refractivity contribution in [3.63, 3.8) is 0 Å². The van der Waals surface area contributed by atoms with Gasteiger partial charge >= 0.3 is 0 Å². The summed E-state index contributed by atoms with van der Waals surface area (Å²) in [6.45, 7) is 3.91. The minimum atomic E-state index is -3.53. The number of hydrogen-bond donors (Lipinski definition) is 2. The molecule has 31 heavy (non-hydrogen) atoms. The van der Waals surface area contributed by atoms with Gasteiger partial charge in [-0.25, -0.2) is 18.4 Å². The molecule has 3 aromatic rings. The highest BCUT2D eigenvalue weighted by Crippen LogP contribution is 2.24. The van der Waals surface area contributed by atoms with Gasteiger partial charge in [0.1, 0.15) is 17.5 Å². The molecule has 0 saturated carbocycles. The van der Waals surface area contributed by atoms with E-state index in [9.17, 15) is 8.42 Å². The number of benzene rings is 2. The maximum atomic E-state index is 12.4. The van der Waals surface area contributed by atoms with Crippen LogP contribution in [0.15, 0.2) is 54.6 Å². The van der Waals surface area contributed by atoms with Crippen LogP contribution in [0.1, 0.15) is 24.2 Å².